The highest BCUT2D eigenvalue weighted by atomic mass is 16.8. The molecule has 13 heteroatoms. The molecule has 0 radical (unpaired) electrons. The lowest BCUT2D eigenvalue weighted by molar-refractivity contribution is -0.382. The van der Waals surface area contributed by atoms with E-state index in [1.54, 1.807) is 0 Å². The van der Waals surface area contributed by atoms with Gasteiger partial charge in [0.2, 0.25) is 0 Å². The maximum atomic E-state index is 12.3. The first-order valence-corrected chi connectivity index (χ1v) is 21.3. The number of allylic oxidation sites excluding steroid dienone is 2. The van der Waals surface area contributed by atoms with Crippen molar-refractivity contribution in [1.82, 2.24) is 0 Å². The predicted octanol–water partition coefficient (Wildman–Crippen LogP) is 2.54. The standard InChI is InChI=1S/C43H74O13/c1-21(2)12-10-11-15-43(9,52)23-13-17-41(7)29(23)24(45)18-27-40(6)16-14-28(46)39(4,5)36(40)25(19-42(27,41)8)54-38-35(33(50)31(48)26(20-44)55-38)56-37-34(51)32(49)30(47)22(3)53-37/h12,22-38,44-52H,10-11,13-20H2,1-9H3/t22-,23+,24-,25+,26-,27-,28+,29-,30-,31-,32-,33+,34+,35-,36+,37+,38-,40-,41-,42-,43+/m1/s1. The van der Waals surface area contributed by atoms with E-state index < -0.39 is 114 Å². The lowest BCUT2D eigenvalue weighted by atomic mass is 9.34. The summed E-state index contributed by atoms with van der Waals surface area (Å²) in [5.74, 6) is -0.507. The number of aliphatic hydroxyl groups is 9. The van der Waals surface area contributed by atoms with Gasteiger partial charge < -0.3 is 64.9 Å². The van der Waals surface area contributed by atoms with E-state index in [-0.39, 0.29) is 23.7 Å². The molecule has 2 heterocycles. The van der Waals surface area contributed by atoms with Gasteiger partial charge in [0.15, 0.2) is 12.6 Å². The topological polar surface area (TPSA) is 219 Å². The second-order valence-electron chi connectivity index (χ2n) is 20.6. The molecule has 4 aliphatic carbocycles. The summed E-state index contributed by atoms with van der Waals surface area (Å²) in [4.78, 5) is 0. The van der Waals surface area contributed by atoms with Crippen molar-refractivity contribution in [3.8, 4) is 0 Å². The van der Waals surface area contributed by atoms with Crippen LogP contribution in [0, 0.1) is 45.3 Å². The summed E-state index contributed by atoms with van der Waals surface area (Å²) < 4.78 is 25.2. The zero-order valence-electron chi connectivity index (χ0n) is 35.1. The fraction of sp³-hybridized carbons (Fsp3) is 0.953. The van der Waals surface area contributed by atoms with Crippen LogP contribution in [0.1, 0.15) is 120 Å². The van der Waals surface area contributed by atoms with E-state index in [4.69, 9.17) is 18.9 Å². The molecule has 0 aromatic heterocycles. The molecule has 13 nitrogen and oxygen atoms in total. The molecule has 0 amide bonds. The summed E-state index contributed by atoms with van der Waals surface area (Å²) in [6.45, 7) is 17.9. The summed E-state index contributed by atoms with van der Waals surface area (Å²) in [6.07, 6.45) is -7.88. The fourth-order valence-corrected chi connectivity index (χ4v) is 13.5. The first-order valence-electron chi connectivity index (χ1n) is 21.3. The third-order valence-corrected chi connectivity index (χ3v) is 16.7. The highest BCUT2D eigenvalue weighted by Gasteiger charge is 2.73. The Balaban J connectivity index is 1.37. The fourth-order valence-electron chi connectivity index (χ4n) is 13.5. The molecule has 0 spiro atoms. The largest absolute Gasteiger partial charge is 0.394 e. The van der Waals surface area contributed by atoms with Crippen molar-refractivity contribution in [2.45, 2.75) is 205 Å². The number of unbranched alkanes of at least 4 members (excludes halogenated alkanes) is 1. The zero-order chi connectivity index (χ0) is 41.5. The van der Waals surface area contributed by atoms with E-state index in [0.29, 0.717) is 32.1 Å². The number of rotatable bonds is 10. The molecule has 0 unspecified atom stereocenters. The van der Waals surface area contributed by atoms with Crippen LogP contribution in [0.3, 0.4) is 0 Å². The van der Waals surface area contributed by atoms with Crippen molar-refractivity contribution < 1.29 is 64.9 Å². The van der Waals surface area contributed by atoms with Crippen molar-refractivity contribution >= 4 is 0 Å². The molecule has 9 N–H and O–H groups in total. The molecular weight excluding hydrogens is 724 g/mol. The smallest absolute Gasteiger partial charge is 0.187 e. The van der Waals surface area contributed by atoms with Crippen molar-refractivity contribution in [2.75, 3.05) is 6.61 Å². The van der Waals surface area contributed by atoms with Crippen LogP contribution in [-0.2, 0) is 18.9 Å². The second kappa shape index (κ2) is 15.9. The zero-order valence-corrected chi connectivity index (χ0v) is 35.1. The van der Waals surface area contributed by atoms with Gasteiger partial charge in [-0.3, -0.25) is 0 Å². The molecule has 2 aliphatic heterocycles. The van der Waals surface area contributed by atoms with Gasteiger partial charge in [-0.1, -0.05) is 46.3 Å². The summed E-state index contributed by atoms with van der Waals surface area (Å²) in [7, 11) is 0. The van der Waals surface area contributed by atoms with Gasteiger partial charge in [0.05, 0.1) is 36.6 Å². The predicted molar refractivity (Wildman–Crippen MR) is 206 cm³/mol. The Morgan fingerprint density at radius 3 is 2.14 bits per heavy atom. The van der Waals surface area contributed by atoms with E-state index >= 15 is 0 Å². The second-order valence-corrected chi connectivity index (χ2v) is 20.6. The average molecular weight is 799 g/mol. The Bertz CT molecular complexity index is 1400. The van der Waals surface area contributed by atoms with Gasteiger partial charge in [-0.2, -0.15) is 0 Å². The first kappa shape index (κ1) is 44.8. The van der Waals surface area contributed by atoms with Crippen LogP contribution >= 0.6 is 0 Å². The molecule has 0 bridgehead atoms. The van der Waals surface area contributed by atoms with Crippen LogP contribution in [0.5, 0.6) is 0 Å². The van der Waals surface area contributed by atoms with Crippen molar-refractivity contribution in [3.05, 3.63) is 11.6 Å². The summed E-state index contributed by atoms with van der Waals surface area (Å²) in [6, 6.07) is 0. The molecule has 6 rings (SSSR count). The van der Waals surface area contributed by atoms with Gasteiger partial charge in [-0.05, 0) is 131 Å². The van der Waals surface area contributed by atoms with Crippen LogP contribution in [0.25, 0.3) is 0 Å². The van der Waals surface area contributed by atoms with Gasteiger partial charge in [0.25, 0.3) is 0 Å². The number of hydrogen-bond donors (Lipinski definition) is 9. The molecule has 6 aliphatic rings. The Hall–Kier alpha value is -0.780. The van der Waals surface area contributed by atoms with Crippen LogP contribution < -0.4 is 0 Å². The molecule has 324 valence electrons. The highest BCUT2D eigenvalue weighted by Crippen LogP contribution is 2.76. The summed E-state index contributed by atoms with van der Waals surface area (Å²) >= 11 is 0. The summed E-state index contributed by atoms with van der Waals surface area (Å²) in [5, 5.41) is 101. The Morgan fingerprint density at radius 2 is 1.50 bits per heavy atom. The molecule has 0 aromatic carbocycles. The third-order valence-electron chi connectivity index (χ3n) is 16.7. The third kappa shape index (κ3) is 7.28. The maximum absolute atomic E-state index is 12.3. The van der Waals surface area contributed by atoms with Crippen molar-refractivity contribution in [1.29, 1.82) is 0 Å². The van der Waals surface area contributed by atoms with E-state index in [9.17, 15) is 46.0 Å². The van der Waals surface area contributed by atoms with Gasteiger partial charge in [-0.15, -0.1) is 0 Å². The molecule has 2 saturated heterocycles. The lowest BCUT2D eigenvalue weighted by Crippen LogP contribution is -2.71. The highest BCUT2D eigenvalue weighted by molar-refractivity contribution is 5.22. The van der Waals surface area contributed by atoms with Crippen LogP contribution in [0.4, 0.5) is 0 Å². The first-order chi connectivity index (χ1) is 26.0. The summed E-state index contributed by atoms with van der Waals surface area (Å²) in [5.41, 5.74) is -1.64. The minimum absolute atomic E-state index is 0.0429. The minimum atomic E-state index is -1.70. The van der Waals surface area contributed by atoms with E-state index in [2.05, 4.69) is 40.7 Å². The Kier molecular flexibility index (Phi) is 12.7. The lowest BCUT2D eigenvalue weighted by Gasteiger charge is -2.72. The molecule has 21 atom stereocenters. The molecule has 6 fully saturated rings. The van der Waals surface area contributed by atoms with Gasteiger partial charge in [0.1, 0.15) is 42.7 Å². The maximum Gasteiger partial charge on any atom is 0.187 e. The molecular formula is C43H74O13. The van der Waals surface area contributed by atoms with Crippen molar-refractivity contribution in [3.63, 3.8) is 0 Å². The van der Waals surface area contributed by atoms with E-state index in [1.807, 2.05) is 20.8 Å². The normalized spacial score (nSPS) is 52.6. The minimum Gasteiger partial charge on any atom is -0.394 e. The van der Waals surface area contributed by atoms with Crippen LogP contribution in [-0.4, -0.2) is 138 Å². The Morgan fingerprint density at radius 1 is 0.821 bits per heavy atom. The molecule has 0 aromatic rings. The average Bonchev–Trinajstić information content (AvgIpc) is 3.51. The van der Waals surface area contributed by atoms with E-state index in [0.717, 1.165) is 25.7 Å². The molecule has 4 saturated carbocycles. The van der Waals surface area contributed by atoms with Gasteiger partial charge in [0, 0.05) is 0 Å². The number of hydrogen-bond acceptors (Lipinski definition) is 13. The quantitative estimate of drug-likeness (QED) is 0.0883. The van der Waals surface area contributed by atoms with Crippen LogP contribution in [0.15, 0.2) is 11.6 Å². The SMILES string of the molecule is CC(C)=CCCC[C@](C)(O)[C@H]1CC[C@]2(C)[C@H]1[C@H](O)C[C@@H]1[C@@]3(C)CC[C@H](O)C(C)(C)[C@@H]3[C@@H](O[C@@H]3O[C@H](CO)[C@@H](O)[C@H](O)[C@H]3O[C@@H]3O[C@H](C)[C@@H](O)[C@@H](O)[C@@H]3O)C[C@]12C. The number of ether oxygens (including phenoxy) is 4. The van der Waals surface area contributed by atoms with Crippen molar-refractivity contribution in [2.24, 2.45) is 45.3 Å². The number of fused-ring (bicyclic) bond motifs is 5. The van der Waals surface area contributed by atoms with E-state index in [1.165, 1.54) is 12.5 Å². The number of aliphatic hydroxyl groups excluding tert-OH is 8. The van der Waals surface area contributed by atoms with Crippen LogP contribution in [0.2, 0.25) is 0 Å². The molecule has 56 heavy (non-hydrogen) atoms. The Labute approximate surface area is 333 Å². The van der Waals surface area contributed by atoms with Gasteiger partial charge >= 0.3 is 0 Å². The monoisotopic (exact) mass is 799 g/mol. The van der Waals surface area contributed by atoms with Gasteiger partial charge in [-0.25, -0.2) is 0 Å².